The van der Waals surface area contributed by atoms with Crippen LogP contribution in [0.4, 0.5) is 0 Å². The predicted molar refractivity (Wildman–Crippen MR) is 120 cm³/mol. The maximum Gasteiger partial charge on any atom is 0.251 e. The molecule has 0 fully saturated rings. The van der Waals surface area contributed by atoms with Crippen LogP contribution in [0.3, 0.4) is 0 Å². The van der Waals surface area contributed by atoms with Crippen LogP contribution in [-0.2, 0) is 19.4 Å². The number of oxazole rings is 1. The zero-order valence-corrected chi connectivity index (χ0v) is 18.1. The summed E-state index contributed by atoms with van der Waals surface area (Å²) in [6, 6.07) is 21.2. The summed E-state index contributed by atoms with van der Waals surface area (Å²) in [4.78, 5) is 17.2. The van der Waals surface area contributed by atoms with Gasteiger partial charge in [0.05, 0.1) is 7.11 Å². The van der Waals surface area contributed by atoms with E-state index in [0.717, 1.165) is 27.7 Å². The van der Waals surface area contributed by atoms with Crippen molar-refractivity contribution in [3.63, 3.8) is 0 Å². The van der Waals surface area contributed by atoms with Crippen molar-refractivity contribution in [2.45, 2.75) is 19.4 Å². The fraction of sp³-hybridized carbons (Fsp3) is 0.167. The van der Waals surface area contributed by atoms with Crippen molar-refractivity contribution in [2.75, 3.05) is 7.11 Å². The lowest BCUT2D eigenvalue weighted by atomic mass is 10.1. The van der Waals surface area contributed by atoms with Gasteiger partial charge in [0.1, 0.15) is 11.3 Å². The van der Waals surface area contributed by atoms with Crippen molar-refractivity contribution < 1.29 is 13.9 Å². The quantitative estimate of drug-likeness (QED) is 0.402. The summed E-state index contributed by atoms with van der Waals surface area (Å²) in [5, 5.41) is 2.93. The predicted octanol–water partition coefficient (Wildman–Crippen LogP) is 5.31. The van der Waals surface area contributed by atoms with E-state index in [4.69, 9.17) is 9.15 Å². The monoisotopic (exact) mass is 464 g/mol. The van der Waals surface area contributed by atoms with Crippen LogP contribution in [-0.4, -0.2) is 18.0 Å². The van der Waals surface area contributed by atoms with Crippen LogP contribution < -0.4 is 10.1 Å². The molecule has 30 heavy (non-hydrogen) atoms. The normalized spacial score (nSPS) is 10.9. The van der Waals surface area contributed by atoms with E-state index in [1.54, 1.807) is 19.2 Å². The number of hydrogen-bond donors (Lipinski definition) is 1. The largest absolute Gasteiger partial charge is 0.496 e. The van der Waals surface area contributed by atoms with Crippen molar-refractivity contribution in [2.24, 2.45) is 0 Å². The van der Waals surface area contributed by atoms with Crippen LogP contribution >= 0.6 is 15.9 Å². The number of halogens is 1. The van der Waals surface area contributed by atoms with Gasteiger partial charge >= 0.3 is 0 Å². The second-order valence-electron chi connectivity index (χ2n) is 6.91. The van der Waals surface area contributed by atoms with Gasteiger partial charge in [-0.2, -0.15) is 0 Å². The average Bonchev–Trinajstić information content (AvgIpc) is 3.19. The molecule has 0 spiro atoms. The molecular formula is C24H21BrN2O3. The standard InChI is InChI=1S/C24H21BrN2O3/c1-29-21-11-9-19(25)13-18(21)15-26-24(28)17-8-10-20-22(14-17)30-23(27-20)12-7-16-5-3-2-4-6-16/h2-6,8-11,13-14H,7,12,15H2,1H3,(H,26,28). The average molecular weight is 465 g/mol. The lowest BCUT2D eigenvalue weighted by Crippen LogP contribution is -2.23. The summed E-state index contributed by atoms with van der Waals surface area (Å²) >= 11 is 3.45. The highest BCUT2D eigenvalue weighted by molar-refractivity contribution is 9.10. The first-order chi connectivity index (χ1) is 14.6. The Morgan fingerprint density at radius 2 is 1.90 bits per heavy atom. The van der Waals surface area contributed by atoms with E-state index in [2.05, 4.69) is 38.4 Å². The van der Waals surface area contributed by atoms with Crippen LogP contribution in [0.2, 0.25) is 0 Å². The Bertz CT molecular complexity index is 1170. The number of nitrogens with one attached hydrogen (secondary N) is 1. The number of amides is 1. The molecule has 0 aliphatic rings. The zero-order chi connectivity index (χ0) is 20.9. The van der Waals surface area contributed by atoms with E-state index < -0.39 is 0 Å². The van der Waals surface area contributed by atoms with E-state index in [0.29, 0.717) is 30.0 Å². The smallest absolute Gasteiger partial charge is 0.251 e. The first-order valence-electron chi connectivity index (χ1n) is 9.66. The Kier molecular flexibility index (Phi) is 6.14. The second kappa shape index (κ2) is 9.13. The Balaban J connectivity index is 1.44. The minimum absolute atomic E-state index is 0.179. The number of aromatic nitrogens is 1. The van der Waals surface area contributed by atoms with Crippen LogP contribution in [0.25, 0.3) is 11.1 Å². The molecule has 4 rings (SSSR count). The molecule has 4 aromatic rings. The van der Waals surface area contributed by atoms with Crippen molar-refractivity contribution in [3.05, 3.63) is 93.8 Å². The minimum Gasteiger partial charge on any atom is -0.496 e. The number of carbonyl (C=O) groups excluding carboxylic acids is 1. The molecule has 0 unspecified atom stereocenters. The molecule has 0 saturated heterocycles. The number of aryl methyl sites for hydroxylation is 2. The topological polar surface area (TPSA) is 64.4 Å². The summed E-state index contributed by atoms with van der Waals surface area (Å²) in [6.45, 7) is 0.359. The Labute approximate surface area is 183 Å². The molecule has 0 atom stereocenters. The van der Waals surface area contributed by atoms with E-state index in [1.807, 2.05) is 42.5 Å². The summed E-state index contributed by atoms with van der Waals surface area (Å²) < 4.78 is 12.2. The maximum absolute atomic E-state index is 12.6. The molecular weight excluding hydrogens is 444 g/mol. The third-order valence-corrected chi connectivity index (χ3v) is 5.34. The van der Waals surface area contributed by atoms with E-state index in [9.17, 15) is 4.79 Å². The molecule has 1 amide bonds. The highest BCUT2D eigenvalue weighted by Gasteiger charge is 2.12. The number of carbonyl (C=O) groups is 1. The zero-order valence-electron chi connectivity index (χ0n) is 16.5. The van der Waals surface area contributed by atoms with Gasteiger partial charge in [-0.1, -0.05) is 46.3 Å². The number of ether oxygens (including phenoxy) is 1. The van der Waals surface area contributed by atoms with E-state index >= 15 is 0 Å². The van der Waals surface area contributed by atoms with E-state index in [1.165, 1.54) is 5.56 Å². The van der Waals surface area contributed by atoms with Gasteiger partial charge < -0.3 is 14.5 Å². The van der Waals surface area contributed by atoms with Gasteiger partial charge in [-0.15, -0.1) is 0 Å². The fourth-order valence-electron chi connectivity index (χ4n) is 3.28. The van der Waals surface area contributed by atoms with Crippen LogP contribution in [0.5, 0.6) is 5.75 Å². The molecule has 0 radical (unpaired) electrons. The fourth-order valence-corrected chi connectivity index (χ4v) is 3.69. The Morgan fingerprint density at radius 1 is 1.07 bits per heavy atom. The van der Waals surface area contributed by atoms with Crippen LogP contribution in [0, 0.1) is 0 Å². The summed E-state index contributed by atoms with van der Waals surface area (Å²) in [5.74, 6) is 1.22. The van der Waals surface area contributed by atoms with Gasteiger partial charge in [0, 0.05) is 28.6 Å². The van der Waals surface area contributed by atoms with Crippen molar-refractivity contribution in [1.29, 1.82) is 0 Å². The Hall–Kier alpha value is -3.12. The minimum atomic E-state index is -0.179. The van der Waals surface area contributed by atoms with Gasteiger partial charge in [-0.05, 0) is 48.4 Å². The van der Waals surface area contributed by atoms with Gasteiger partial charge in [0.25, 0.3) is 5.91 Å². The highest BCUT2D eigenvalue weighted by Crippen LogP contribution is 2.23. The van der Waals surface area contributed by atoms with Crippen molar-refractivity contribution >= 4 is 32.9 Å². The van der Waals surface area contributed by atoms with Gasteiger partial charge in [-0.25, -0.2) is 4.98 Å². The van der Waals surface area contributed by atoms with Crippen LogP contribution in [0.15, 0.2) is 75.6 Å². The Morgan fingerprint density at radius 3 is 2.70 bits per heavy atom. The van der Waals surface area contributed by atoms with Crippen molar-refractivity contribution in [3.8, 4) is 5.75 Å². The summed E-state index contributed by atoms with van der Waals surface area (Å²) in [7, 11) is 1.61. The molecule has 0 saturated carbocycles. The third-order valence-electron chi connectivity index (χ3n) is 4.85. The lowest BCUT2D eigenvalue weighted by Gasteiger charge is -2.10. The number of hydrogen-bond acceptors (Lipinski definition) is 4. The van der Waals surface area contributed by atoms with Gasteiger partial charge in [-0.3, -0.25) is 4.79 Å². The summed E-state index contributed by atoms with van der Waals surface area (Å²) in [5.41, 5.74) is 4.03. The van der Waals surface area contributed by atoms with Crippen LogP contribution in [0.1, 0.15) is 27.4 Å². The number of rotatable bonds is 7. The molecule has 6 heteroatoms. The molecule has 5 nitrogen and oxygen atoms in total. The molecule has 0 aliphatic heterocycles. The van der Waals surface area contributed by atoms with E-state index in [-0.39, 0.29) is 5.91 Å². The highest BCUT2D eigenvalue weighted by atomic mass is 79.9. The maximum atomic E-state index is 12.6. The molecule has 0 aliphatic carbocycles. The second-order valence-corrected chi connectivity index (χ2v) is 7.83. The van der Waals surface area contributed by atoms with Gasteiger partial charge in [0.2, 0.25) is 0 Å². The molecule has 0 bridgehead atoms. The molecule has 152 valence electrons. The molecule has 3 aromatic carbocycles. The number of benzene rings is 3. The van der Waals surface area contributed by atoms with Gasteiger partial charge in [0.15, 0.2) is 11.5 Å². The number of methoxy groups -OCH3 is 1. The molecule has 1 aromatic heterocycles. The van der Waals surface area contributed by atoms with Crippen molar-refractivity contribution in [1.82, 2.24) is 10.3 Å². The number of fused-ring (bicyclic) bond motifs is 1. The first kappa shape index (κ1) is 20.2. The number of nitrogens with zero attached hydrogens (tertiary/aromatic N) is 1. The molecule has 1 N–H and O–H groups in total. The third kappa shape index (κ3) is 4.71. The summed E-state index contributed by atoms with van der Waals surface area (Å²) in [6.07, 6.45) is 1.57. The SMILES string of the molecule is COc1ccc(Br)cc1CNC(=O)c1ccc2nc(CCc3ccccc3)oc2c1. The molecule has 1 heterocycles. The first-order valence-corrected chi connectivity index (χ1v) is 10.5. The lowest BCUT2D eigenvalue weighted by molar-refractivity contribution is 0.0950.